The number of benzene rings is 21. The first-order chi connectivity index (χ1) is 53.1. The van der Waals surface area contributed by atoms with Gasteiger partial charge in [0, 0.05) is 0 Å². The van der Waals surface area contributed by atoms with Gasteiger partial charge in [-0.1, -0.05) is 413 Å². The summed E-state index contributed by atoms with van der Waals surface area (Å²) in [6.07, 6.45) is 7.93. The van der Waals surface area contributed by atoms with E-state index in [9.17, 15) is 0 Å². The molecule has 0 radical (unpaired) electrons. The van der Waals surface area contributed by atoms with Crippen LogP contribution in [0.2, 0.25) is 0 Å². The van der Waals surface area contributed by atoms with Crippen LogP contribution in [-0.4, -0.2) is 0 Å². The van der Waals surface area contributed by atoms with Gasteiger partial charge in [0.1, 0.15) is 0 Å². The molecule has 0 heterocycles. The summed E-state index contributed by atoms with van der Waals surface area (Å²) < 4.78 is 0. The fourth-order valence-corrected chi connectivity index (χ4v) is 16.5. The van der Waals surface area contributed by atoms with E-state index in [1.807, 2.05) is 0 Å². The van der Waals surface area contributed by atoms with Crippen LogP contribution in [0.3, 0.4) is 0 Å². The number of hydrogen-bond donors (Lipinski definition) is 0. The molecule has 0 unspecified atom stereocenters. The average Bonchev–Trinajstić information content (AvgIpc) is 1.61. The molecule has 0 aromatic heterocycles. The Balaban J connectivity index is 0.0000000868. The zero-order chi connectivity index (χ0) is 71.2. The third kappa shape index (κ3) is 13.3. The summed E-state index contributed by atoms with van der Waals surface area (Å²) in [4.78, 5) is 0. The highest BCUT2D eigenvalue weighted by Gasteiger charge is 2.20. The fraction of sp³-hybridized carbons (Fsp3) is 0.0280. The van der Waals surface area contributed by atoms with Crippen LogP contribution in [0.25, 0.3) is 164 Å². The van der Waals surface area contributed by atoms with Gasteiger partial charge in [-0.2, -0.15) is 0 Å². The van der Waals surface area contributed by atoms with Crippen LogP contribution >= 0.6 is 0 Å². The van der Waals surface area contributed by atoms with Gasteiger partial charge in [-0.05, 0) is 217 Å². The summed E-state index contributed by atoms with van der Waals surface area (Å²) in [5.41, 5.74) is 17.0. The Morgan fingerprint density at radius 2 is 0.393 bits per heavy atom. The first-order valence-electron chi connectivity index (χ1n) is 37.4. The normalized spacial score (nSPS) is 11.8. The molecular weight excluding hydrogens is 1290 g/mol. The lowest BCUT2D eigenvalue weighted by Gasteiger charge is -2.09. The monoisotopic (exact) mass is 1360 g/mol. The Bertz CT molecular complexity index is 6300. The van der Waals surface area contributed by atoms with Gasteiger partial charge in [-0.3, -0.25) is 0 Å². The van der Waals surface area contributed by atoms with E-state index >= 15 is 0 Å². The summed E-state index contributed by atoms with van der Waals surface area (Å²) in [7, 11) is 0. The van der Waals surface area contributed by atoms with Crippen molar-refractivity contribution < 1.29 is 0 Å². The Hall–Kier alpha value is -13.5. The predicted octanol–water partition coefficient (Wildman–Crippen LogP) is 29.4. The van der Waals surface area contributed by atoms with Gasteiger partial charge in [-0.25, -0.2) is 0 Å². The summed E-state index contributed by atoms with van der Waals surface area (Å²) >= 11 is 0. The van der Waals surface area contributed by atoms with E-state index in [2.05, 4.69) is 425 Å². The van der Waals surface area contributed by atoms with Crippen LogP contribution < -0.4 is 0 Å². The maximum Gasteiger partial charge on any atom is -0.00135 e. The van der Waals surface area contributed by atoms with E-state index in [1.54, 1.807) is 0 Å². The average molecular weight is 1360 g/mol. The van der Waals surface area contributed by atoms with Crippen molar-refractivity contribution in [2.75, 3.05) is 0 Å². The highest BCUT2D eigenvalue weighted by Crippen LogP contribution is 2.47. The lowest BCUT2D eigenvalue weighted by molar-refractivity contribution is 1.02. The first-order valence-corrected chi connectivity index (χ1v) is 37.4. The van der Waals surface area contributed by atoms with Crippen molar-refractivity contribution >= 4 is 131 Å². The number of hydrogen-bond acceptors (Lipinski definition) is 0. The minimum absolute atomic E-state index is 1.10. The van der Waals surface area contributed by atoms with Gasteiger partial charge in [-0.15, -0.1) is 0 Å². The van der Waals surface area contributed by atoms with Crippen LogP contribution in [0.1, 0.15) is 33.4 Å². The van der Waals surface area contributed by atoms with Crippen LogP contribution in [0.5, 0.6) is 0 Å². The van der Waals surface area contributed by atoms with Gasteiger partial charge in [0.25, 0.3) is 0 Å². The lowest BCUT2D eigenvalue weighted by atomic mass is 9.95. The first kappa shape index (κ1) is 65.5. The van der Waals surface area contributed by atoms with E-state index < -0.39 is 0 Å². The van der Waals surface area contributed by atoms with Crippen molar-refractivity contribution in [2.45, 2.75) is 19.3 Å². The maximum absolute atomic E-state index is 2.25. The number of fused-ring (bicyclic) bond motifs is 12. The van der Waals surface area contributed by atoms with Crippen LogP contribution in [0.4, 0.5) is 0 Å². The second kappa shape index (κ2) is 29.7. The topological polar surface area (TPSA) is 0 Å². The third-order valence-electron chi connectivity index (χ3n) is 21.6. The smallest absolute Gasteiger partial charge is 0.00135 e. The van der Waals surface area contributed by atoms with Crippen LogP contribution in [-0.2, 0) is 19.3 Å². The highest BCUT2D eigenvalue weighted by atomic mass is 14.2. The molecule has 0 spiro atoms. The Morgan fingerprint density at radius 3 is 0.794 bits per heavy atom. The molecule has 4 aliphatic carbocycles. The van der Waals surface area contributed by atoms with Gasteiger partial charge in [0.2, 0.25) is 0 Å². The molecule has 0 atom stereocenters. The second-order valence-electron chi connectivity index (χ2n) is 28.0. The maximum atomic E-state index is 2.25. The SMILES string of the molecule is C1=Cc2cccc3cccc1c23.c1cc2c3c(cccc3c1)CC2.c1cc2ccc3cccc4ccc(c1)c2c34.c1ccc2c(c1)-c1cccc3cccc-2c13.c1ccc2c(c1)Cc1ccccc1-2.c1ccc2c(c1)ccc1ccccc12.c1ccc2cc3ccccc3cc2c1.c1ccc2ccccc2c1. The second-order valence-corrected chi connectivity index (χ2v) is 28.0. The molecule has 504 valence electrons. The minimum atomic E-state index is 1.10. The molecular formula is C107H76. The predicted molar refractivity (Wildman–Crippen MR) is 464 cm³/mol. The molecule has 0 bridgehead atoms. The molecule has 0 N–H and O–H groups in total. The largest absolute Gasteiger partial charge is 0.0619 e. The number of rotatable bonds is 0. The van der Waals surface area contributed by atoms with Crippen molar-refractivity contribution in [3.8, 4) is 33.4 Å². The highest BCUT2D eigenvalue weighted by molar-refractivity contribution is 6.23. The van der Waals surface area contributed by atoms with Gasteiger partial charge in [0.05, 0.1) is 0 Å². The fourth-order valence-electron chi connectivity index (χ4n) is 16.5. The van der Waals surface area contributed by atoms with Gasteiger partial charge >= 0.3 is 0 Å². The lowest BCUT2D eigenvalue weighted by Crippen LogP contribution is -1.82. The molecule has 0 amide bonds. The summed E-state index contributed by atoms with van der Waals surface area (Å²) in [5, 5.41) is 29.7. The van der Waals surface area contributed by atoms with Crippen LogP contribution in [0, 0.1) is 0 Å². The molecule has 21 aromatic rings. The minimum Gasteiger partial charge on any atom is -0.0619 e. The van der Waals surface area contributed by atoms with E-state index in [0.29, 0.717) is 0 Å². The van der Waals surface area contributed by atoms with Crippen molar-refractivity contribution in [1.82, 2.24) is 0 Å². The molecule has 107 heavy (non-hydrogen) atoms. The van der Waals surface area contributed by atoms with E-state index in [0.717, 1.165) is 6.42 Å². The zero-order valence-electron chi connectivity index (χ0n) is 59.5. The van der Waals surface area contributed by atoms with Gasteiger partial charge < -0.3 is 0 Å². The standard InChI is InChI=1S/2C16H10.2C14H10.C13H10.C12H10.C12H8.C10H8/c1-3-11-7-9-13-5-2-6-14-10-8-12(4-1)15(11)16(13)14;1-2-8-13-12(7-1)14-9-3-5-11-6-4-10-15(13)16(11)14;1-3-7-13-11(5-1)9-10-12-6-2-4-8-14(12)13;1-2-6-12-10-14-8-4-3-7-13(14)9-11(12)5-1;1-3-7-12-10(5-1)9-11-6-2-4-8-13(11)12;2*1-3-9-4-2-6-11-8-7-10(5-1)12(9)11;1-2-6-10-8-4-3-7-9(10)5-1/h2*1-10H;2*1-10H;1-8H,9H2;1-6H,7-8H2;1-8H;1-8H. The Morgan fingerprint density at radius 1 is 0.140 bits per heavy atom. The van der Waals surface area contributed by atoms with Crippen molar-refractivity contribution in [2.24, 2.45) is 0 Å². The zero-order valence-corrected chi connectivity index (χ0v) is 59.5. The van der Waals surface area contributed by atoms with Gasteiger partial charge in [0.15, 0.2) is 0 Å². The van der Waals surface area contributed by atoms with E-state index in [1.165, 1.54) is 198 Å². The molecule has 0 heteroatoms. The van der Waals surface area contributed by atoms with E-state index in [-0.39, 0.29) is 0 Å². The molecule has 0 saturated carbocycles. The summed E-state index contributed by atoms with van der Waals surface area (Å²) in [5.74, 6) is 0. The van der Waals surface area contributed by atoms with Crippen molar-refractivity contribution in [3.05, 3.63) is 446 Å². The molecule has 0 aliphatic heterocycles. The quantitative estimate of drug-likeness (QED) is 0.105. The van der Waals surface area contributed by atoms with E-state index in [4.69, 9.17) is 0 Å². The van der Waals surface area contributed by atoms with Crippen molar-refractivity contribution in [1.29, 1.82) is 0 Å². The molecule has 25 rings (SSSR count). The Labute approximate surface area is 625 Å². The van der Waals surface area contributed by atoms with Crippen LogP contribution in [0.15, 0.2) is 413 Å². The molecule has 4 aliphatic rings. The molecule has 0 fully saturated rings. The summed E-state index contributed by atoms with van der Waals surface area (Å²) in [6.45, 7) is 0. The molecule has 0 nitrogen and oxygen atoms in total. The molecule has 21 aromatic carbocycles. The molecule has 0 saturated heterocycles. The third-order valence-corrected chi connectivity index (χ3v) is 21.6. The summed E-state index contributed by atoms with van der Waals surface area (Å²) in [6, 6.07) is 147. The van der Waals surface area contributed by atoms with Crippen molar-refractivity contribution in [3.63, 3.8) is 0 Å². The number of aryl methyl sites for hydroxylation is 2. The Kier molecular flexibility index (Phi) is 18.2.